The van der Waals surface area contributed by atoms with Gasteiger partial charge >= 0.3 is 0 Å². The Hall–Kier alpha value is -1.15. The molecule has 70 valence electrons. The van der Waals surface area contributed by atoms with Gasteiger partial charge in [-0.15, -0.1) is 6.58 Å². The highest BCUT2D eigenvalue weighted by Crippen LogP contribution is 2.13. The zero-order valence-electron chi connectivity index (χ0n) is 7.72. The molecule has 0 aromatic heterocycles. The summed E-state index contributed by atoms with van der Waals surface area (Å²) >= 11 is 0. The summed E-state index contributed by atoms with van der Waals surface area (Å²) in [4.78, 5) is 0. The minimum absolute atomic E-state index is 0.205. The highest BCUT2D eigenvalue weighted by molar-refractivity contribution is 5.26. The Morgan fingerprint density at radius 1 is 1.54 bits per heavy atom. The lowest BCUT2D eigenvalue weighted by atomic mass is 10.1. The first-order valence-corrected chi connectivity index (χ1v) is 4.18. The molecule has 0 saturated heterocycles. The molecule has 1 nitrogen and oxygen atoms in total. The quantitative estimate of drug-likeness (QED) is 0.511. The van der Waals surface area contributed by atoms with Gasteiger partial charge in [0.05, 0.1) is 13.2 Å². The summed E-state index contributed by atoms with van der Waals surface area (Å²) < 4.78 is 18.3. The molecule has 0 radical (unpaired) electrons. The van der Waals surface area contributed by atoms with E-state index < -0.39 is 0 Å². The average molecular weight is 180 g/mol. The fraction of sp³-hybridized carbons (Fsp3) is 0.273. The Morgan fingerprint density at radius 2 is 2.31 bits per heavy atom. The van der Waals surface area contributed by atoms with Crippen molar-refractivity contribution in [2.75, 3.05) is 6.61 Å². The molecule has 0 atom stereocenters. The lowest BCUT2D eigenvalue weighted by Gasteiger charge is -2.06. The van der Waals surface area contributed by atoms with Gasteiger partial charge in [-0.05, 0) is 18.6 Å². The summed E-state index contributed by atoms with van der Waals surface area (Å²) in [6.07, 6.45) is 1.65. The van der Waals surface area contributed by atoms with Gasteiger partial charge in [0.25, 0.3) is 0 Å². The molecule has 0 aliphatic carbocycles. The Morgan fingerprint density at radius 3 is 2.92 bits per heavy atom. The molecule has 1 aromatic carbocycles. The highest BCUT2D eigenvalue weighted by atomic mass is 19.1. The standard InChI is InChI=1S/C11H13FO/c1-3-7-13-8-10-9(2)5-4-6-11(10)12/h3-6H,1,7-8H2,2H3. The monoisotopic (exact) mass is 180 g/mol. The van der Waals surface area contributed by atoms with Crippen molar-refractivity contribution in [3.63, 3.8) is 0 Å². The van der Waals surface area contributed by atoms with E-state index in [2.05, 4.69) is 6.58 Å². The van der Waals surface area contributed by atoms with Crippen LogP contribution in [0.3, 0.4) is 0 Å². The maximum absolute atomic E-state index is 13.2. The largest absolute Gasteiger partial charge is 0.373 e. The summed E-state index contributed by atoms with van der Waals surface area (Å²) in [5.41, 5.74) is 1.55. The summed E-state index contributed by atoms with van der Waals surface area (Å²) in [7, 11) is 0. The molecule has 1 rings (SSSR count). The maximum atomic E-state index is 13.2. The Labute approximate surface area is 77.8 Å². The molecular formula is C11H13FO. The zero-order valence-corrected chi connectivity index (χ0v) is 7.72. The first-order chi connectivity index (χ1) is 6.25. The van der Waals surface area contributed by atoms with Crippen LogP contribution in [0.25, 0.3) is 0 Å². The van der Waals surface area contributed by atoms with Crippen molar-refractivity contribution in [2.24, 2.45) is 0 Å². The summed E-state index contributed by atoms with van der Waals surface area (Å²) in [5, 5.41) is 0. The molecule has 0 aliphatic rings. The number of rotatable bonds is 4. The van der Waals surface area contributed by atoms with Crippen LogP contribution in [0.15, 0.2) is 30.9 Å². The topological polar surface area (TPSA) is 9.23 Å². The fourth-order valence-corrected chi connectivity index (χ4v) is 1.09. The minimum Gasteiger partial charge on any atom is -0.373 e. The molecule has 0 N–H and O–H groups in total. The van der Waals surface area contributed by atoms with Gasteiger partial charge in [-0.2, -0.15) is 0 Å². The molecule has 0 saturated carbocycles. The smallest absolute Gasteiger partial charge is 0.128 e. The second kappa shape index (κ2) is 4.77. The van der Waals surface area contributed by atoms with Crippen LogP contribution in [-0.4, -0.2) is 6.61 Å². The van der Waals surface area contributed by atoms with Crippen LogP contribution in [0.4, 0.5) is 4.39 Å². The molecule has 0 amide bonds. The third kappa shape index (κ3) is 2.67. The van der Waals surface area contributed by atoms with Gasteiger partial charge in [0.1, 0.15) is 5.82 Å². The molecule has 0 aliphatic heterocycles. The van der Waals surface area contributed by atoms with Crippen molar-refractivity contribution < 1.29 is 9.13 Å². The Kier molecular flexibility index (Phi) is 3.65. The number of hydrogen-bond donors (Lipinski definition) is 0. The molecule has 1 aromatic rings. The normalized spacial score (nSPS) is 10.0. The van der Waals surface area contributed by atoms with E-state index in [-0.39, 0.29) is 5.82 Å². The van der Waals surface area contributed by atoms with Gasteiger partial charge in [-0.1, -0.05) is 18.2 Å². The first kappa shape index (κ1) is 9.93. The number of ether oxygens (including phenoxy) is 1. The molecule has 0 fully saturated rings. The van der Waals surface area contributed by atoms with Gasteiger partial charge in [0.15, 0.2) is 0 Å². The molecule has 2 heteroatoms. The lowest BCUT2D eigenvalue weighted by Crippen LogP contribution is -1.98. The Bertz CT molecular complexity index is 274. The van der Waals surface area contributed by atoms with E-state index in [0.29, 0.717) is 18.8 Å². The third-order valence-electron chi connectivity index (χ3n) is 1.84. The van der Waals surface area contributed by atoms with Crippen molar-refractivity contribution in [3.8, 4) is 0 Å². The van der Waals surface area contributed by atoms with Crippen LogP contribution >= 0.6 is 0 Å². The zero-order chi connectivity index (χ0) is 9.68. The van der Waals surface area contributed by atoms with Gasteiger partial charge in [0.2, 0.25) is 0 Å². The molecule has 0 heterocycles. The lowest BCUT2D eigenvalue weighted by molar-refractivity contribution is 0.145. The third-order valence-corrected chi connectivity index (χ3v) is 1.84. The number of hydrogen-bond acceptors (Lipinski definition) is 1. The van der Waals surface area contributed by atoms with Crippen LogP contribution in [0.1, 0.15) is 11.1 Å². The SMILES string of the molecule is C=CCOCc1c(C)cccc1F. The minimum atomic E-state index is -0.205. The van der Waals surface area contributed by atoms with E-state index in [4.69, 9.17) is 4.74 Å². The van der Waals surface area contributed by atoms with E-state index >= 15 is 0 Å². The van der Waals surface area contributed by atoms with Crippen LogP contribution in [0.2, 0.25) is 0 Å². The number of aryl methyl sites for hydroxylation is 1. The predicted octanol–water partition coefficient (Wildman–Crippen LogP) is 2.84. The maximum Gasteiger partial charge on any atom is 0.128 e. The van der Waals surface area contributed by atoms with E-state index in [9.17, 15) is 4.39 Å². The van der Waals surface area contributed by atoms with Crippen LogP contribution in [-0.2, 0) is 11.3 Å². The summed E-state index contributed by atoms with van der Waals surface area (Å²) in [5.74, 6) is -0.205. The van der Waals surface area contributed by atoms with Crippen molar-refractivity contribution in [1.82, 2.24) is 0 Å². The van der Waals surface area contributed by atoms with Crippen molar-refractivity contribution >= 4 is 0 Å². The average Bonchev–Trinajstić information content (AvgIpc) is 2.10. The summed E-state index contributed by atoms with van der Waals surface area (Å²) in [6, 6.07) is 5.01. The van der Waals surface area contributed by atoms with Crippen molar-refractivity contribution in [3.05, 3.63) is 47.8 Å². The molecule has 0 bridgehead atoms. The second-order valence-electron chi connectivity index (χ2n) is 2.84. The highest BCUT2D eigenvalue weighted by Gasteiger charge is 2.03. The van der Waals surface area contributed by atoms with Crippen LogP contribution < -0.4 is 0 Å². The van der Waals surface area contributed by atoms with E-state index in [1.807, 2.05) is 13.0 Å². The van der Waals surface area contributed by atoms with Crippen molar-refractivity contribution in [2.45, 2.75) is 13.5 Å². The van der Waals surface area contributed by atoms with Gasteiger partial charge < -0.3 is 4.74 Å². The summed E-state index contributed by atoms with van der Waals surface area (Å²) in [6.45, 7) is 6.15. The Balaban J connectivity index is 2.69. The van der Waals surface area contributed by atoms with Crippen molar-refractivity contribution in [1.29, 1.82) is 0 Å². The molecule has 0 spiro atoms. The fourth-order valence-electron chi connectivity index (χ4n) is 1.09. The molecular weight excluding hydrogens is 167 g/mol. The predicted molar refractivity (Wildman–Crippen MR) is 51.0 cm³/mol. The van der Waals surface area contributed by atoms with Crippen LogP contribution in [0.5, 0.6) is 0 Å². The molecule has 13 heavy (non-hydrogen) atoms. The van der Waals surface area contributed by atoms with E-state index in [0.717, 1.165) is 5.56 Å². The van der Waals surface area contributed by atoms with E-state index in [1.54, 1.807) is 12.1 Å². The van der Waals surface area contributed by atoms with Gasteiger partial charge in [-0.25, -0.2) is 4.39 Å². The van der Waals surface area contributed by atoms with Gasteiger partial charge in [0, 0.05) is 5.56 Å². The first-order valence-electron chi connectivity index (χ1n) is 4.18. The molecule has 0 unspecified atom stereocenters. The van der Waals surface area contributed by atoms with E-state index in [1.165, 1.54) is 6.07 Å². The number of halogens is 1. The number of benzene rings is 1. The van der Waals surface area contributed by atoms with Gasteiger partial charge in [-0.3, -0.25) is 0 Å². The van der Waals surface area contributed by atoms with Crippen LogP contribution in [0, 0.1) is 12.7 Å². The second-order valence-corrected chi connectivity index (χ2v) is 2.84.